The summed E-state index contributed by atoms with van der Waals surface area (Å²) in [5, 5.41) is 26.6. The van der Waals surface area contributed by atoms with E-state index in [4.69, 9.17) is 47.4 Å². The number of aliphatic hydroxyl groups is 1. The summed E-state index contributed by atoms with van der Waals surface area (Å²) in [5.74, 6) is 6.67. The van der Waals surface area contributed by atoms with Crippen LogP contribution in [0.2, 0.25) is 0 Å². The number of ketones is 1. The van der Waals surface area contributed by atoms with Crippen molar-refractivity contribution in [2.24, 2.45) is 0 Å². The molecule has 5 aromatic heterocycles. The molecule has 10 heterocycles. The molecule has 0 spiro atoms. The van der Waals surface area contributed by atoms with E-state index in [1.807, 2.05) is 164 Å². The van der Waals surface area contributed by atoms with E-state index in [0.29, 0.717) is 72.4 Å². The highest BCUT2D eigenvalue weighted by Gasteiger charge is 2.56. The molecule has 752 valence electrons. The number of amides is 6. The average Bonchev–Trinajstić information content (AvgIpc) is 1.60. The van der Waals surface area contributed by atoms with Gasteiger partial charge in [0.25, 0.3) is 5.91 Å². The number of aromatic nitrogens is 5. The molecule has 5 fully saturated rings. The molecule has 10 aromatic carbocycles. The number of Topliss-reactive ketones (excluding diaryl/α,β-unsaturated/α-hetero) is 1. The van der Waals surface area contributed by atoms with Crippen LogP contribution in [0, 0.1) is 5.82 Å². The molecule has 8 N–H and O–H groups in total. The topological polar surface area (TPSA) is 344 Å². The fourth-order valence-electron chi connectivity index (χ4n) is 20.5. The molecular weight excluding hydrogens is 1850 g/mol. The Bertz CT molecular complexity index is 7730. The predicted molar refractivity (Wildman–Crippen MR) is 555 cm³/mol. The molecule has 15 aromatic rings. The zero-order valence-corrected chi connectivity index (χ0v) is 83.6. The largest absolute Gasteiger partial charge is 0.454 e. The molecule has 146 heavy (non-hydrogen) atoms. The van der Waals surface area contributed by atoms with Crippen molar-refractivity contribution in [2.45, 2.75) is 183 Å². The molecule has 0 bridgehead atoms. The third-order valence-corrected chi connectivity index (χ3v) is 29.8. The molecule has 6 amide bonds. The first-order valence-electron chi connectivity index (χ1n) is 49.8. The van der Waals surface area contributed by atoms with E-state index in [2.05, 4.69) is 124 Å². The van der Waals surface area contributed by atoms with Gasteiger partial charge in [0.2, 0.25) is 63.5 Å². The van der Waals surface area contributed by atoms with Crippen LogP contribution in [0.5, 0.6) is 57.5 Å². The number of aryl methyl sites for hydroxylation is 2. The second kappa shape index (κ2) is 37.8. The van der Waals surface area contributed by atoms with Crippen LogP contribution < -0.4 is 68.6 Å². The first kappa shape index (κ1) is 96.4. The Kier molecular flexibility index (Phi) is 25.0. The second-order valence-corrected chi connectivity index (χ2v) is 42.0. The van der Waals surface area contributed by atoms with Crippen LogP contribution in [0.25, 0.3) is 54.5 Å². The minimum absolute atomic E-state index is 0.0102. The first-order valence-corrected chi connectivity index (χ1v) is 49.8. The molecule has 25 rings (SSSR count). The highest BCUT2D eigenvalue weighted by molar-refractivity contribution is 6.07. The van der Waals surface area contributed by atoms with Gasteiger partial charge in [-0.3, -0.25) is 33.6 Å². The molecule has 5 aliphatic carbocycles. The summed E-state index contributed by atoms with van der Waals surface area (Å²) >= 11 is 0. The molecule has 0 atom stereocenters. The molecule has 29 nitrogen and oxygen atoms in total. The number of aromatic amines is 3. The summed E-state index contributed by atoms with van der Waals surface area (Å²) < 4.78 is 73.6. The number of carbonyl (C=O) groups is 7. The number of carbonyl (C=O) groups excluding carboxylic acids is 7. The highest BCUT2D eigenvalue weighted by Crippen LogP contribution is 2.57. The van der Waals surface area contributed by atoms with Crippen LogP contribution >= 0.6 is 0 Å². The molecule has 10 aliphatic rings. The summed E-state index contributed by atoms with van der Waals surface area (Å²) in [6.45, 7) is 16.9. The summed E-state index contributed by atoms with van der Waals surface area (Å²) in [6, 6.07) is 63.9. The summed E-state index contributed by atoms with van der Waals surface area (Å²) in [6.07, 6.45) is 13.9. The Morgan fingerprint density at radius 2 is 0.808 bits per heavy atom. The maximum Gasteiger partial charge on any atom is 0.269 e. The lowest BCUT2D eigenvalue weighted by molar-refractivity contribution is -0.129. The third-order valence-electron chi connectivity index (χ3n) is 29.8. The summed E-state index contributed by atoms with van der Waals surface area (Å²) in [5.41, 5.74) is 14.1. The molecule has 5 aliphatic heterocycles. The van der Waals surface area contributed by atoms with Gasteiger partial charge in [0.15, 0.2) is 57.5 Å². The lowest BCUT2D eigenvalue weighted by Crippen LogP contribution is -2.28. The summed E-state index contributed by atoms with van der Waals surface area (Å²) in [7, 11) is 6.97. The van der Waals surface area contributed by atoms with Gasteiger partial charge in [-0.2, -0.15) is 0 Å². The number of hydrogen-bond acceptors (Lipinski definition) is 18. The Morgan fingerprint density at radius 1 is 0.390 bits per heavy atom. The molecule has 0 unspecified atom stereocenters. The van der Waals surface area contributed by atoms with Gasteiger partial charge in [0, 0.05) is 144 Å². The number of ether oxygens (including phenoxy) is 10. The Labute approximate surface area is 843 Å². The van der Waals surface area contributed by atoms with Gasteiger partial charge in [-0.1, -0.05) is 90.9 Å². The lowest BCUT2D eigenvalue weighted by atomic mass is 9.87. The maximum atomic E-state index is 15.2. The normalized spacial score (nSPS) is 16.3. The lowest BCUT2D eigenvalue weighted by Gasteiger charge is -2.23. The number of aliphatic hydroxyl groups excluding tert-OH is 1. The van der Waals surface area contributed by atoms with Crippen molar-refractivity contribution in [3.05, 3.63) is 274 Å². The zero-order chi connectivity index (χ0) is 102. The third kappa shape index (κ3) is 18.7. The number of nitrogens with one attached hydrogen (secondary N) is 7. The van der Waals surface area contributed by atoms with Crippen LogP contribution in [-0.4, -0.2) is 149 Å². The van der Waals surface area contributed by atoms with Crippen LogP contribution in [0.15, 0.2) is 213 Å². The van der Waals surface area contributed by atoms with Crippen LogP contribution in [0.1, 0.15) is 180 Å². The standard InChI is InChI=1S/C27H31N3O4.C26H29FN2O4.C22H21N3O4.C21H20N2O3.C20H17NO3/c1-26(2,3)23-13-17-12-19(7-8-20(17)30(23)15-24(31)29(4)5)28-25(32)27(10-11-27)18-6-9-21-22(14-18)34-16-33-21;1-25(2,3)23-12-16-11-19(18(27)14-20(16)29(23)9-4-10-30)28-24(31)26(7-8-26)17-5-6-21-22(13-17)33-15-32-21;1-25(2)20(26)17-10-13-9-15(4-5-16(13)24-17)23-21(27)22(7-8-22)14-3-6-18-19(11-14)29-12-28-18;1-2-13-9-14-5-8-22-16(14)11-17(13)23-20(24)21(6-7-21)15-3-4-18-19(10-15)26-12-25-18;22-19(10-13-1-2-14-5-8-21-16(14)9-13)20(6-7-20)15-3-4-17-18(11-15)24-12-23-17/h6-9,12-14H,10-11,15-16H2,1-5H3,(H,28,32);5-6,11-14,30H,4,7-10,15H2,1-3H3,(H,28,31);3-6,9-11,24H,7-8,12H2,1-2H3,(H,23,27);3-5,8-11,22H,2,6-7,12H2,1H3,(H,23,24);1-5,8-9,11,21H,6-7,10,12H2. The number of benzene rings is 10. The van der Waals surface area contributed by atoms with Gasteiger partial charge < -0.3 is 108 Å². The fourth-order valence-corrected chi connectivity index (χ4v) is 20.5. The fraction of sp³-hybridized carbons (Fsp3) is 0.336. The Balaban J connectivity index is 0.000000108. The van der Waals surface area contributed by atoms with Crippen LogP contribution in [0.4, 0.5) is 27.1 Å². The summed E-state index contributed by atoms with van der Waals surface area (Å²) in [4.78, 5) is 103. The van der Waals surface area contributed by atoms with Crippen molar-refractivity contribution < 1.29 is 90.4 Å². The Morgan fingerprint density at radius 3 is 1.25 bits per heavy atom. The van der Waals surface area contributed by atoms with Gasteiger partial charge in [-0.05, 0) is 278 Å². The number of nitrogens with zero attached hydrogens (tertiary/aromatic N) is 4. The highest BCUT2D eigenvalue weighted by atomic mass is 19.1. The predicted octanol–water partition coefficient (Wildman–Crippen LogP) is 20.4. The van der Waals surface area contributed by atoms with E-state index in [0.717, 1.165) is 197 Å². The van der Waals surface area contributed by atoms with Gasteiger partial charge in [0.1, 0.15) is 23.8 Å². The number of H-pyrrole nitrogens is 3. The minimum atomic E-state index is -0.675. The van der Waals surface area contributed by atoms with Crippen molar-refractivity contribution >= 4 is 118 Å². The quantitative estimate of drug-likeness (QED) is 0.0295. The van der Waals surface area contributed by atoms with E-state index < -0.39 is 27.5 Å². The number of fused-ring (bicyclic) bond motifs is 10. The monoisotopic (exact) mass is 1970 g/mol. The van der Waals surface area contributed by atoms with Gasteiger partial charge in [-0.15, -0.1) is 0 Å². The van der Waals surface area contributed by atoms with Crippen LogP contribution in [0.3, 0.4) is 0 Å². The number of halogens is 1. The Hall–Kier alpha value is -15.7. The zero-order valence-electron chi connectivity index (χ0n) is 83.6. The molecule has 5 saturated carbocycles. The number of anilines is 4. The van der Waals surface area contributed by atoms with E-state index >= 15 is 4.39 Å². The van der Waals surface area contributed by atoms with E-state index in [1.165, 1.54) is 16.4 Å². The van der Waals surface area contributed by atoms with Gasteiger partial charge in [0.05, 0.1) is 38.3 Å². The van der Waals surface area contributed by atoms with E-state index in [9.17, 15) is 38.7 Å². The first-order chi connectivity index (χ1) is 70.2. The van der Waals surface area contributed by atoms with E-state index in [-0.39, 0.29) is 110 Å². The smallest absolute Gasteiger partial charge is 0.269 e. The van der Waals surface area contributed by atoms with Crippen molar-refractivity contribution in [2.75, 3.05) is 90.0 Å². The second-order valence-electron chi connectivity index (χ2n) is 42.0. The van der Waals surface area contributed by atoms with Gasteiger partial charge >= 0.3 is 0 Å². The molecule has 0 saturated heterocycles. The SMILES string of the molecule is CC(C)(C)c1cc2cc(NC(=O)C3(c4ccc5c(c4)OCO5)CC3)c(F)cc2n1CCCO.CCc1cc2cc[nH]c2cc1NC(=O)C1(c2ccc3c(c2)OCO3)CC1.CN(C)C(=O)Cn1c(C(C)(C)C)cc2cc(NC(=O)C3(c4ccc5c(c4)OCO5)CC3)ccc21.CN(C)C(=O)c1cc2cc(NC(=O)C3(c4ccc5c(c4)OCO5)CC3)ccc2[nH]1.O=C(Cc1ccc2cc[nH]c2c1)C1(c2ccc3c(c2)OCO3)CC1. The van der Waals surface area contributed by atoms with E-state index in [1.54, 1.807) is 45.2 Å². The molecular formula is C116H118FN11O18. The van der Waals surface area contributed by atoms with Crippen LogP contribution in [-0.2, 0) is 92.6 Å². The average molecular weight is 1970 g/mol. The maximum absolute atomic E-state index is 15.2. The number of rotatable bonds is 23. The minimum Gasteiger partial charge on any atom is -0.454 e. The van der Waals surface area contributed by atoms with Crippen molar-refractivity contribution in [3.63, 3.8) is 0 Å². The number of hydrogen-bond donors (Lipinski definition) is 8. The number of likely N-dealkylation sites (N-methyl/N-ethyl adjacent to an activating group) is 1. The molecule has 0 radical (unpaired) electrons. The van der Waals surface area contributed by atoms with Gasteiger partial charge in [-0.25, -0.2) is 4.39 Å². The molecule has 30 heteroatoms. The van der Waals surface area contributed by atoms with Crippen molar-refractivity contribution in [1.29, 1.82) is 0 Å². The van der Waals surface area contributed by atoms with Crippen molar-refractivity contribution in [3.8, 4) is 57.5 Å². The van der Waals surface area contributed by atoms with Crippen molar-refractivity contribution in [1.82, 2.24) is 33.9 Å².